The lowest BCUT2D eigenvalue weighted by atomic mass is 9.97. The lowest BCUT2D eigenvalue weighted by Gasteiger charge is -2.35. The summed E-state index contributed by atoms with van der Waals surface area (Å²) in [4.78, 5) is 33.4. The second kappa shape index (κ2) is 7.92. The number of piperidine rings is 1. The van der Waals surface area contributed by atoms with Gasteiger partial charge in [0.05, 0.1) is 18.2 Å². The number of nitrogens with zero attached hydrogens (tertiary/aromatic N) is 4. The first kappa shape index (κ1) is 20.7. The number of aromatic nitrogens is 4. The van der Waals surface area contributed by atoms with Gasteiger partial charge in [0, 0.05) is 13.1 Å². The number of likely N-dealkylation sites (tertiary alicyclic amines) is 1. The average molecular weight is 426 g/mol. The fraction of sp³-hybridized carbons (Fsp3) is 0.684. The van der Waals surface area contributed by atoms with Crippen LogP contribution in [-0.2, 0) is 4.79 Å². The summed E-state index contributed by atoms with van der Waals surface area (Å²) in [5.41, 5.74) is 0.0735. The van der Waals surface area contributed by atoms with Crippen LogP contribution >= 0.6 is 0 Å². The highest BCUT2D eigenvalue weighted by Gasteiger charge is 2.43. The Morgan fingerprint density at radius 3 is 2.70 bits per heavy atom. The number of carbonyl (C=O) groups excluding carboxylic acids is 1. The van der Waals surface area contributed by atoms with Gasteiger partial charge in [0.15, 0.2) is 5.65 Å². The number of anilines is 1. The third kappa shape index (κ3) is 4.01. The summed E-state index contributed by atoms with van der Waals surface area (Å²) < 4.78 is 40.9. The Balaban J connectivity index is 1.51. The summed E-state index contributed by atoms with van der Waals surface area (Å²) in [5.74, 6) is -1.84. The van der Waals surface area contributed by atoms with Gasteiger partial charge < -0.3 is 10.2 Å². The van der Waals surface area contributed by atoms with E-state index in [-0.39, 0.29) is 37.1 Å². The lowest BCUT2D eigenvalue weighted by Crippen LogP contribution is -2.49. The number of hydrogen-bond acceptors (Lipinski definition) is 5. The molecule has 0 radical (unpaired) electrons. The van der Waals surface area contributed by atoms with E-state index in [9.17, 15) is 22.8 Å². The van der Waals surface area contributed by atoms with Crippen LogP contribution < -0.4 is 10.9 Å². The Morgan fingerprint density at radius 1 is 1.27 bits per heavy atom. The van der Waals surface area contributed by atoms with Gasteiger partial charge in [-0.2, -0.15) is 23.3 Å². The van der Waals surface area contributed by atoms with Gasteiger partial charge in [0.2, 0.25) is 11.9 Å². The largest absolute Gasteiger partial charge is 0.393 e. The minimum Gasteiger partial charge on any atom is -0.344 e. The van der Waals surface area contributed by atoms with Gasteiger partial charge in [-0.25, -0.2) is 4.68 Å². The maximum atomic E-state index is 13.0. The summed E-state index contributed by atoms with van der Waals surface area (Å²) in [7, 11) is 0. The minimum absolute atomic E-state index is 0.0335. The van der Waals surface area contributed by atoms with Crippen LogP contribution in [0.25, 0.3) is 11.0 Å². The van der Waals surface area contributed by atoms with E-state index in [2.05, 4.69) is 20.4 Å². The molecule has 1 unspecified atom stereocenters. The second-order valence-corrected chi connectivity index (χ2v) is 8.21. The van der Waals surface area contributed by atoms with Gasteiger partial charge in [-0.1, -0.05) is 12.8 Å². The molecule has 1 aliphatic heterocycles. The first-order valence-corrected chi connectivity index (χ1v) is 10.3. The normalized spacial score (nSPS) is 21.9. The molecule has 30 heavy (non-hydrogen) atoms. The molecule has 1 saturated carbocycles. The molecule has 4 rings (SSSR count). The van der Waals surface area contributed by atoms with Crippen LogP contribution in [0.2, 0.25) is 0 Å². The predicted octanol–water partition coefficient (Wildman–Crippen LogP) is 2.84. The number of hydrogen-bond donors (Lipinski definition) is 2. The maximum absolute atomic E-state index is 13.0. The monoisotopic (exact) mass is 426 g/mol. The molecule has 8 nitrogen and oxygen atoms in total. The summed E-state index contributed by atoms with van der Waals surface area (Å²) >= 11 is 0. The number of alkyl halides is 3. The van der Waals surface area contributed by atoms with Crippen molar-refractivity contribution in [1.29, 1.82) is 0 Å². The standard InChI is InChI=1S/C19H25F3N6O2/c1-11(17(30)27-8-4-5-12(10-27)19(20,21)22)24-18-25-15-14(16(29)26-18)9-23-28(15)13-6-2-3-7-13/h9,11-13H,2-8,10H2,1H3,(H2,24,25,26,29)/t11-,12?/m1/s1. The molecule has 0 spiro atoms. The molecule has 1 saturated heterocycles. The maximum Gasteiger partial charge on any atom is 0.393 e. The summed E-state index contributed by atoms with van der Waals surface area (Å²) in [6.45, 7) is 1.50. The van der Waals surface area contributed by atoms with Crippen molar-refractivity contribution in [3.05, 3.63) is 16.6 Å². The van der Waals surface area contributed by atoms with Gasteiger partial charge in [-0.3, -0.25) is 14.6 Å². The van der Waals surface area contributed by atoms with E-state index in [4.69, 9.17) is 0 Å². The van der Waals surface area contributed by atoms with Gasteiger partial charge >= 0.3 is 6.18 Å². The zero-order valence-corrected chi connectivity index (χ0v) is 16.7. The van der Waals surface area contributed by atoms with Gasteiger partial charge in [0.25, 0.3) is 5.56 Å². The summed E-state index contributed by atoms with van der Waals surface area (Å²) in [6, 6.07) is -0.642. The van der Waals surface area contributed by atoms with Crippen molar-refractivity contribution in [1.82, 2.24) is 24.6 Å². The van der Waals surface area contributed by atoms with Crippen molar-refractivity contribution in [3.63, 3.8) is 0 Å². The van der Waals surface area contributed by atoms with Crippen LogP contribution in [0.4, 0.5) is 19.1 Å². The van der Waals surface area contributed by atoms with Crippen LogP contribution in [0.1, 0.15) is 51.5 Å². The molecule has 164 valence electrons. The number of rotatable bonds is 4. The number of halogens is 3. The number of amides is 1. The molecule has 2 fully saturated rings. The zero-order valence-electron chi connectivity index (χ0n) is 16.7. The molecule has 2 atom stereocenters. The van der Waals surface area contributed by atoms with Crippen molar-refractivity contribution in [2.45, 2.75) is 63.7 Å². The molecule has 0 bridgehead atoms. The zero-order chi connectivity index (χ0) is 21.5. The van der Waals surface area contributed by atoms with E-state index in [0.29, 0.717) is 17.5 Å². The molecule has 1 amide bonds. The van der Waals surface area contributed by atoms with Crippen molar-refractivity contribution < 1.29 is 18.0 Å². The van der Waals surface area contributed by atoms with E-state index < -0.39 is 24.0 Å². The topological polar surface area (TPSA) is 95.9 Å². The summed E-state index contributed by atoms with van der Waals surface area (Å²) in [6.07, 6.45) is 1.66. The van der Waals surface area contributed by atoms with Gasteiger partial charge in [0.1, 0.15) is 11.4 Å². The van der Waals surface area contributed by atoms with Crippen molar-refractivity contribution in [3.8, 4) is 0 Å². The second-order valence-electron chi connectivity index (χ2n) is 8.21. The van der Waals surface area contributed by atoms with Crippen LogP contribution in [0, 0.1) is 5.92 Å². The molecule has 2 aromatic heterocycles. The van der Waals surface area contributed by atoms with E-state index >= 15 is 0 Å². The van der Waals surface area contributed by atoms with Crippen LogP contribution in [0.5, 0.6) is 0 Å². The molecular formula is C19H25F3N6O2. The Morgan fingerprint density at radius 2 is 2.00 bits per heavy atom. The molecule has 3 heterocycles. The molecular weight excluding hydrogens is 401 g/mol. The Hall–Kier alpha value is -2.59. The predicted molar refractivity (Wildman–Crippen MR) is 104 cm³/mol. The highest BCUT2D eigenvalue weighted by molar-refractivity contribution is 5.84. The van der Waals surface area contributed by atoms with Crippen LogP contribution in [0.3, 0.4) is 0 Å². The smallest absolute Gasteiger partial charge is 0.344 e. The number of nitrogens with one attached hydrogen (secondary N) is 2. The Kier molecular flexibility index (Phi) is 5.46. The number of fused-ring (bicyclic) bond motifs is 1. The van der Waals surface area contributed by atoms with Gasteiger partial charge in [-0.05, 0) is 32.6 Å². The lowest BCUT2D eigenvalue weighted by molar-refractivity contribution is -0.188. The number of aromatic amines is 1. The van der Waals surface area contributed by atoms with Crippen molar-refractivity contribution in [2.75, 3.05) is 18.4 Å². The van der Waals surface area contributed by atoms with Crippen molar-refractivity contribution >= 4 is 22.9 Å². The minimum atomic E-state index is -4.31. The molecule has 0 aromatic carbocycles. The van der Waals surface area contributed by atoms with E-state index in [1.54, 1.807) is 11.6 Å². The third-order valence-corrected chi connectivity index (χ3v) is 6.05. The van der Waals surface area contributed by atoms with Gasteiger partial charge in [-0.15, -0.1) is 0 Å². The SMILES string of the molecule is C[C@@H](Nc1nc2c(cnn2C2CCCC2)c(=O)[nH]1)C(=O)N1CCCC(C(F)(F)F)C1. The van der Waals surface area contributed by atoms with E-state index in [1.807, 2.05) is 0 Å². The molecule has 1 aliphatic carbocycles. The number of carbonyl (C=O) groups is 1. The average Bonchev–Trinajstić information content (AvgIpc) is 3.36. The fourth-order valence-electron chi connectivity index (χ4n) is 4.41. The van der Waals surface area contributed by atoms with E-state index in [1.165, 1.54) is 11.1 Å². The van der Waals surface area contributed by atoms with E-state index in [0.717, 1.165) is 25.7 Å². The highest BCUT2D eigenvalue weighted by atomic mass is 19.4. The fourth-order valence-corrected chi connectivity index (χ4v) is 4.41. The van der Waals surface area contributed by atoms with Crippen LogP contribution in [0.15, 0.2) is 11.0 Å². The Labute approximate surface area is 170 Å². The van der Waals surface area contributed by atoms with Crippen molar-refractivity contribution in [2.24, 2.45) is 5.92 Å². The summed E-state index contributed by atoms with van der Waals surface area (Å²) in [5, 5.41) is 7.55. The molecule has 11 heteroatoms. The Bertz CT molecular complexity index is 979. The molecule has 2 aliphatic rings. The number of H-pyrrole nitrogens is 1. The molecule has 2 aromatic rings. The third-order valence-electron chi connectivity index (χ3n) is 6.05. The highest BCUT2D eigenvalue weighted by Crippen LogP contribution is 2.33. The quantitative estimate of drug-likeness (QED) is 0.784. The first-order valence-electron chi connectivity index (χ1n) is 10.3. The van der Waals surface area contributed by atoms with Crippen LogP contribution in [-0.4, -0.2) is 55.9 Å². The first-order chi connectivity index (χ1) is 14.2. The molecule has 2 N–H and O–H groups in total.